The van der Waals surface area contributed by atoms with Gasteiger partial charge in [0.05, 0.1) is 19.1 Å². The number of pyridine rings is 1. The Morgan fingerprint density at radius 2 is 1.88 bits per heavy atom. The van der Waals surface area contributed by atoms with Crippen molar-refractivity contribution in [2.24, 2.45) is 17.8 Å². The number of rotatable bonds is 6. The number of fused-ring (bicyclic) bond motifs is 4. The van der Waals surface area contributed by atoms with Gasteiger partial charge in [0.15, 0.2) is 0 Å². The summed E-state index contributed by atoms with van der Waals surface area (Å²) >= 11 is 0. The highest BCUT2D eigenvalue weighted by Crippen LogP contribution is 2.49. The normalized spacial score (nSPS) is 27.2. The van der Waals surface area contributed by atoms with Crippen LogP contribution >= 0.6 is 0 Å². The molecular weight excluding hydrogens is 416 g/mol. The van der Waals surface area contributed by atoms with Crippen LogP contribution in [0.2, 0.25) is 0 Å². The van der Waals surface area contributed by atoms with E-state index >= 15 is 0 Å². The molecule has 1 saturated heterocycles. The quantitative estimate of drug-likeness (QED) is 0.687. The van der Waals surface area contributed by atoms with E-state index in [4.69, 9.17) is 4.74 Å². The van der Waals surface area contributed by atoms with E-state index in [1.54, 1.807) is 0 Å². The standard InChI is InChI=1S/C27H32N2O4/c1-33-27(32)24-21(17-30)23-16-29-22(25(24)28(23)15-19-9-5-6-10-19)14-13-20(26(29)31)12-11-18-7-3-2-4-8-18/h2-4,7-8,11-14,19,21,23-25,30H,5-6,9-10,15-17H2,1H3/b12-11+/t21-,23-,24+,25+/m0/s1. The van der Waals surface area contributed by atoms with Crippen molar-refractivity contribution in [2.45, 2.75) is 44.3 Å². The lowest BCUT2D eigenvalue weighted by molar-refractivity contribution is -0.148. The molecule has 5 rings (SSSR count). The number of hydrogen-bond donors (Lipinski definition) is 1. The number of ether oxygens (including phenoxy) is 1. The molecule has 2 bridgehead atoms. The average molecular weight is 449 g/mol. The molecule has 1 saturated carbocycles. The molecule has 174 valence electrons. The third-order valence-corrected chi connectivity index (χ3v) is 7.87. The lowest BCUT2D eigenvalue weighted by Gasteiger charge is -2.39. The Balaban J connectivity index is 1.53. The fourth-order valence-corrected chi connectivity index (χ4v) is 6.26. The first-order chi connectivity index (χ1) is 16.1. The summed E-state index contributed by atoms with van der Waals surface area (Å²) in [4.78, 5) is 28.7. The van der Waals surface area contributed by atoms with Gasteiger partial charge in [-0.3, -0.25) is 14.5 Å². The molecule has 2 aromatic rings. The van der Waals surface area contributed by atoms with Gasteiger partial charge in [0.2, 0.25) is 0 Å². The molecule has 1 aromatic heterocycles. The van der Waals surface area contributed by atoms with Gasteiger partial charge in [-0.1, -0.05) is 49.2 Å². The molecule has 4 atom stereocenters. The third kappa shape index (κ3) is 3.96. The van der Waals surface area contributed by atoms with Crippen LogP contribution in [0.1, 0.15) is 48.5 Å². The van der Waals surface area contributed by atoms with Crippen molar-refractivity contribution >= 4 is 18.1 Å². The molecule has 1 aromatic carbocycles. The van der Waals surface area contributed by atoms with Gasteiger partial charge in [0, 0.05) is 42.9 Å². The summed E-state index contributed by atoms with van der Waals surface area (Å²) in [6.45, 7) is 1.30. The average Bonchev–Trinajstić information content (AvgIpc) is 3.42. The summed E-state index contributed by atoms with van der Waals surface area (Å²) in [5, 5.41) is 10.3. The largest absolute Gasteiger partial charge is 0.469 e. The van der Waals surface area contributed by atoms with Crippen LogP contribution in [0.5, 0.6) is 0 Å². The number of aliphatic hydroxyl groups is 1. The number of benzene rings is 1. The molecule has 0 radical (unpaired) electrons. The van der Waals surface area contributed by atoms with Gasteiger partial charge >= 0.3 is 5.97 Å². The highest BCUT2D eigenvalue weighted by Gasteiger charge is 2.56. The second kappa shape index (κ2) is 9.27. The van der Waals surface area contributed by atoms with E-state index in [2.05, 4.69) is 4.90 Å². The summed E-state index contributed by atoms with van der Waals surface area (Å²) in [7, 11) is 1.41. The summed E-state index contributed by atoms with van der Waals surface area (Å²) in [5.74, 6) is -0.402. The fourth-order valence-electron chi connectivity index (χ4n) is 6.26. The second-order valence-electron chi connectivity index (χ2n) is 9.63. The molecule has 2 aliphatic heterocycles. The molecular formula is C27H32N2O4. The van der Waals surface area contributed by atoms with Gasteiger partial charge in [-0.25, -0.2) is 0 Å². The van der Waals surface area contributed by atoms with Gasteiger partial charge < -0.3 is 14.4 Å². The number of hydrogen-bond acceptors (Lipinski definition) is 5. The molecule has 3 heterocycles. The maximum atomic E-state index is 13.5. The minimum Gasteiger partial charge on any atom is -0.469 e. The summed E-state index contributed by atoms with van der Waals surface area (Å²) in [6.07, 6.45) is 8.73. The topological polar surface area (TPSA) is 71.8 Å². The lowest BCUT2D eigenvalue weighted by atomic mass is 9.87. The van der Waals surface area contributed by atoms with E-state index in [1.165, 1.54) is 32.8 Å². The van der Waals surface area contributed by atoms with Gasteiger partial charge in [0.25, 0.3) is 5.56 Å². The molecule has 0 spiro atoms. The number of aliphatic hydroxyl groups excluding tert-OH is 1. The predicted molar refractivity (Wildman–Crippen MR) is 127 cm³/mol. The van der Waals surface area contributed by atoms with Crippen molar-refractivity contribution in [3.8, 4) is 0 Å². The van der Waals surface area contributed by atoms with Crippen LogP contribution in [0.3, 0.4) is 0 Å². The first kappa shape index (κ1) is 22.1. The van der Waals surface area contributed by atoms with Gasteiger partial charge in [-0.05, 0) is 42.5 Å². The molecule has 2 fully saturated rings. The van der Waals surface area contributed by atoms with Crippen molar-refractivity contribution in [2.75, 3.05) is 20.3 Å². The summed E-state index contributed by atoms with van der Waals surface area (Å²) in [6, 6.07) is 13.5. The molecule has 0 amide bonds. The maximum absolute atomic E-state index is 13.5. The molecule has 1 N–H and O–H groups in total. The van der Waals surface area contributed by atoms with Gasteiger partial charge in [0.1, 0.15) is 0 Å². The molecule has 0 unspecified atom stereocenters. The van der Waals surface area contributed by atoms with E-state index < -0.39 is 5.92 Å². The molecule has 6 heteroatoms. The summed E-state index contributed by atoms with van der Waals surface area (Å²) < 4.78 is 7.00. The van der Waals surface area contributed by atoms with Crippen molar-refractivity contribution in [1.29, 1.82) is 0 Å². The van der Waals surface area contributed by atoms with Crippen LogP contribution in [0.15, 0.2) is 47.3 Å². The van der Waals surface area contributed by atoms with E-state index in [0.717, 1.165) is 17.8 Å². The van der Waals surface area contributed by atoms with Crippen molar-refractivity contribution in [3.63, 3.8) is 0 Å². The van der Waals surface area contributed by atoms with Crippen molar-refractivity contribution in [1.82, 2.24) is 9.47 Å². The SMILES string of the molecule is COC(=O)[C@@H]1[C@@H](CO)[C@@H]2Cn3c(ccc(/C=C/c4ccccc4)c3=O)[C@H]1N2CC1CCCC1. The summed E-state index contributed by atoms with van der Waals surface area (Å²) in [5.41, 5.74) is 2.48. The second-order valence-corrected chi connectivity index (χ2v) is 9.63. The van der Waals surface area contributed by atoms with Crippen LogP contribution in [-0.2, 0) is 16.1 Å². The minimum atomic E-state index is -0.467. The molecule has 3 aliphatic rings. The molecule has 1 aliphatic carbocycles. The number of carbonyl (C=O) groups excluding carboxylic acids is 1. The smallest absolute Gasteiger partial charge is 0.311 e. The Labute approximate surface area is 194 Å². The number of nitrogens with zero attached hydrogens (tertiary/aromatic N) is 2. The zero-order valence-corrected chi connectivity index (χ0v) is 19.1. The van der Waals surface area contributed by atoms with Crippen molar-refractivity contribution in [3.05, 3.63) is 69.6 Å². The van der Waals surface area contributed by atoms with Crippen molar-refractivity contribution < 1.29 is 14.6 Å². The number of aromatic nitrogens is 1. The van der Waals surface area contributed by atoms with E-state index in [9.17, 15) is 14.7 Å². The first-order valence-electron chi connectivity index (χ1n) is 12.0. The number of carbonyl (C=O) groups is 1. The zero-order chi connectivity index (χ0) is 22.9. The monoisotopic (exact) mass is 448 g/mol. The number of esters is 1. The molecule has 33 heavy (non-hydrogen) atoms. The van der Waals surface area contributed by atoms with Crippen LogP contribution < -0.4 is 5.56 Å². The van der Waals surface area contributed by atoms with Crippen LogP contribution in [0, 0.1) is 17.8 Å². The van der Waals surface area contributed by atoms with Crippen LogP contribution in [0.25, 0.3) is 12.2 Å². The third-order valence-electron chi connectivity index (χ3n) is 7.87. The van der Waals surface area contributed by atoms with Gasteiger partial charge in [-0.15, -0.1) is 0 Å². The van der Waals surface area contributed by atoms with E-state index in [-0.39, 0.29) is 36.1 Å². The lowest BCUT2D eigenvalue weighted by Crippen LogP contribution is -2.48. The highest BCUT2D eigenvalue weighted by atomic mass is 16.5. The van der Waals surface area contributed by atoms with Gasteiger partial charge in [-0.2, -0.15) is 0 Å². The number of methoxy groups -OCH3 is 1. The predicted octanol–water partition coefficient (Wildman–Crippen LogP) is 3.35. The van der Waals surface area contributed by atoms with Crippen LogP contribution in [-0.4, -0.2) is 46.8 Å². The highest BCUT2D eigenvalue weighted by molar-refractivity contribution is 5.75. The molecule has 6 nitrogen and oxygen atoms in total. The van der Waals surface area contributed by atoms with E-state index in [1.807, 2.05) is 59.2 Å². The first-order valence-corrected chi connectivity index (χ1v) is 12.0. The maximum Gasteiger partial charge on any atom is 0.311 e. The Hall–Kier alpha value is -2.70. The Morgan fingerprint density at radius 3 is 2.58 bits per heavy atom. The van der Waals surface area contributed by atoms with Crippen LogP contribution in [0.4, 0.5) is 0 Å². The Morgan fingerprint density at radius 1 is 1.12 bits per heavy atom. The Kier molecular flexibility index (Phi) is 6.21. The fraction of sp³-hybridized carbons (Fsp3) is 0.481. The van der Waals surface area contributed by atoms with E-state index in [0.29, 0.717) is 18.0 Å². The Bertz CT molecular complexity index is 1090. The zero-order valence-electron chi connectivity index (χ0n) is 19.1. The minimum absolute atomic E-state index is 0.0441.